The number of hydrogen-bond donors (Lipinski definition) is 2. The average Bonchev–Trinajstić information content (AvgIpc) is 2.48. The van der Waals surface area contributed by atoms with Crippen molar-refractivity contribution in [1.29, 1.82) is 0 Å². The Morgan fingerprint density at radius 1 is 1.09 bits per heavy atom. The molecule has 0 bridgehead atoms. The maximum atomic E-state index is 11.9. The fourth-order valence-electron chi connectivity index (χ4n) is 1.97. The Kier molecular flexibility index (Phi) is 5.69. The normalized spacial score (nSPS) is 10.6. The van der Waals surface area contributed by atoms with Crippen molar-refractivity contribution in [3.05, 3.63) is 63.6 Å². The summed E-state index contributed by atoms with van der Waals surface area (Å²) in [4.78, 5) is 11.9. The van der Waals surface area contributed by atoms with Crippen LogP contribution in [0.15, 0.2) is 42.5 Å². The van der Waals surface area contributed by atoms with Gasteiger partial charge in [-0.05, 0) is 49.7 Å². The molecule has 0 saturated heterocycles. The standard InChI is InChI=1S/C17H18Cl2N2O/c1-11(2)21-17(22)12-6-8-14(9-7-12)20-10-13-4-3-5-15(18)16(13)19/h3-9,11,20H,10H2,1-2H3,(H,21,22). The Labute approximate surface area is 140 Å². The largest absolute Gasteiger partial charge is 0.381 e. The van der Waals surface area contributed by atoms with Crippen LogP contribution in [0.1, 0.15) is 29.8 Å². The van der Waals surface area contributed by atoms with E-state index in [9.17, 15) is 4.79 Å². The van der Waals surface area contributed by atoms with E-state index in [2.05, 4.69) is 10.6 Å². The second-order valence-electron chi connectivity index (χ2n) is 5.27. The molecule has 2 rings (SSSR count). The number of benzene rings is 2. The fraction of sp³-hybridized carbons (Fsp3) is 0.235. The van der Waals surface area contributed by atoms with Gasteiger partial charge < -0.3 is 10.6 Å². The molecular weight excluding hydrogens is 319 g/mol. The van der Waals surface area contributed by atoms with Crippen molar-refractivity contribution in [2.75, 3.05) is 5.32 Å². The zero-order chi connectivity index (χ0) is 16.1. The molecule has 0 fully saturated rings. The summed E-state index contributed by atoms with van der Waals surface area (Å²) >= 11 is 12.1. The summed E-state index contributed by atoms with van der Waals surface area (Å²) in [6.07, 6.45) is 0. The first-order valence-electron chi connectivity index (χ1n) is 7.05. The molecule has 116 valence electrons. The smallest absolute Gasteiger partial charge is 0.251 e. The highest BCUT2D eigenvalue weighted by Crippen LogP contribution is 2.26. The van der Waals surface area contributed by atoms with Gasteiger partial charge in [0.1, 0.15) is 0 Å². The van der Waals surface area contributed by atoms with Crippen molar-refractivity contribution in [1.82, 2.24) is 5.32 Å². The minimum atomic E-state index is -0.0700. The van der Waals surface area contributed by atoms with Crippen LogP contribution in [0.4, 0.5) is 5.69 Å². The monoisotopic (exact) mass is 336 g/mol. The van der Waals surface area contributed by atoms with E-state index in [0.29, 0.717) is 22.2 Å². The number of halogens is 2. The molecule has 2 aromatic carbocycles. The number of hydrogen-bond acceptors (Lipinski definition) is 2. The molecule has 5 heteroatoms. The number of rotatable bonds is 5. The van der Waals surface area contributed by atoms with Gasteiger partial charge in [0.25, 0.3) is 5.91 Å². The molecule has 0 aromatic heterocycles. The Bertz CT molecular complexity index is 654. The lowest BCUT2D eigenvalue weighted by Crippen LogP contribution is -2.29. The Balaban J connectivity index is 2.00. The second kappa shape index (κ2) is 7.52. The summed E-state index contributed by atoms with van der Waals surface area (Å²) in [7, 11) is 0. The third kappa shape index (κ3) is 4.39. The Morgan fingerprint density at radius 3 is 2.41 bits per heavy atom. The molecule has 0 atom stereocenters. The molecule has 0 spiro atoms. The minimum absolute atomic E-state index is 0.0700. The molecule has 2 aromatic rings. The van der Waals surface area contributed by atoms with Gasteiger partial charge in [-0.25, -0.2) is 0 Å². The number of nitrogens with one attached hydrogen (secondary N) is 2. The Morgan fingerprint density at radius 2 is 1.77 bits per heavy atom. The van der Waals surface area contributed by atoms with E-state index >= 15 is 0 Å². The van der Waals surface area contributed by atoms with Crippen molar-refractivity contribution in [2.45, 2.75) is 26.4 Å². The average molecular weight is 337 g/mol. The van der Waals surface area contributed by atoms with Crippen molar-refractivity contribution in [3.8, 4) is 0 Å². The van der Waals surface area contributed by atoms with Crippen LogP contribution in [0.2, 0.25) is 10.0 Å². The van der Waals surface area contributed by atoms with Gasteiger partial charge in [0, 0.05) is 23.8 Å². The van der Waals surface area contributed by atoms with Crippen LogP contribution in [-0.4, -0.2) is 11.9 Å². The van der Waals surface area contributed by atoms with Gasteiger partial charge in [0.15, 0.2) is 0 Å². The molecule has 0 unspecified atom stereocenters. The predicted octanol–water partition coefficient (Wildman–Crippen LogP) is 4.74. The minimum Gasteiger partial charge on any atom is -0.381 e. The molecule has 1 amide bonds. The molecule has 2 N–H and O–H groups in total. The van der Waals surface area contributed by atoms with Gasteiger partial charge in [-0.15, -0.1) is 0 Å². The summed E-state index contributed by atoms with van der Waals surface area (Å²) in [5.74, 6) is -0.0700. The van der Waals surface area contributed by atoms with E-state index in [1.54, 1.807) is 18.2 Å². The summed E-state index contributed by atoms with van der Waals surface area (Å²) < 4.78 is 0. The first-order chi connectivity index (χ1) is 10.5. The van der Waals surface area contributed by atoms with E-state index in [0.717, 1.165) is 11.3 Å². The van der Waals surface area contributed by atoms with Crippen molar-refractivity contribution >= 4 is 34.8 Å². The van der Waals surface area contributed by atoms with E-state index in [1.165, 1.54) is 0 Å². The maximum absolute atomic E-state index is 11.9. The van der Waals surface area contributed by atoms with Crippen LogP contribution in [0, 0.1) is 0 Å². The van der Waals surface area contributed by atoms with Crippen LogP contribution >= 0.6 is 23.2 Å². The van der Waals surface area contributed by atoms with E-state index in [4.69, 9.17) is 23.2 Å². The van der Waals surface area contributed by atoms with Crippen LogP contribution in [0.5, 0.6) is 0 Å². The topological polar surface area (TPSA) is 41.1 Å². The van der Waals surface area contributed by atoms with Gasteiger partial charge in [-0.2, -0.15) is 0 Å². The van der Waals surface area contributed by atoms with Gasteiger partial charge >= 0.3 is 0 Å². The summed E-state index contributed by atoms with van der Waals surface area (Å²) in [6.45, 7) is 4.43. The van der Waals surface area contributed by atoms with Crippen LogP contribution in [0.25, 0.3) is 0 Å². The predicted molar refractivity (Wildman–Crippen MR) is 92.8 cm³/mol. The molecule has 3 nitrogen and oxygen atoms in total. The van der Waals surface area contributed by atoms with Gasteiger partial charge in [-0.3, -0.25) is 4.79 Å². The lowest BCUT2D eigenvalue weighted by atomic mass is 10.1. The van der Waals surface area contributed by atoms with Gasteiger partial charge in [-0.1, -0.05) is 35.3 Å². The molecule has 22 heavy (non-hydrogen) atoms. The van der Waals surface area contributed by atoms with Crippen molar-refractivity contribution in [2.24, 2.45) is 0 Å². The highest BCUT2D eigenvalue weighted by Gasteiger charge is 2.07. The van der Waals surface area contributed by atoms with E-state index in [1.807, 2.05) is 38.1 Å². The third-order valence-corrected chi connectivity index (χ3v) is 3.94. The zero-order valence-corrected chi connectivity index (χ0v) is 14.0. The first kappa shape index (κ1) is 16.7. The molecule has 0 radical (unpaired) electrons. The molecular formula is C17H18Cl2N2O. The number of amides is 1. The van der Waals surface area contributed by atoms with Crippen molar-refractivity contribution < 1.29 is 4.79 Å². The summed E-state index contributed by atoms with van der Waals surface area (Å²) in [5, 5.41) is 7.22. The Hall–Kier alpha value is -1.71. The van der Waals surface area contributed by atoms with E-state index in [-0.39, 0.29) is 11.9 Å². The SMILES string of the molecule is CC(C)NC(=O)c1ccc(NCc2cccc(Cl)c2Cl)cc1. The number of carbonyl (C=O) groups is 1. The molecule has 0 aliphatic rings. The fourth-order valence-corrected chi connectivity index (χ4v) is 2.35. The third-order valence-electron chi connectivity index (χ3n) is 3.08. The van der Waals surface area contributed by atoms with E-state index < -0.39 is 0 Å². The summed E-state index contributed by atoms with van der Waals surface area (Å²) in [5.41, 5.74) is 2.48. The lowest BCUT2D eigenvalue weighted by molar-refractivity contribution is 0.0943. The second-order valence-corrected chi connectivity index (χ2v) is 6.06. The highest BCUT2D eigenvalue weighted by atomic mass is 35.5. The van der Waals surface area contributed by atoms with Gasteiger partial charge in [0.2, 0.25) is 0 Å². The molecule has 0 aliphatic heterocycles. The highest BCUT2D eigenvalue weighted by molar-refractivity contribution is 6.42. The quantitative estimate of drug-likeness (QED) is 0.827. The molecule has 0 saturated carbocycles. The first-order valence-corrected chi connectivity index (χ1v) is 7.80. The number of carbonyl (C=O) groups excluding carboxylic acids is 1. The van der Waals surface area contributed by atoms with Crippen LogP contribution in [-0.2, 0) is 6.54 Å². The summed E-state index contributed by atoms with van der Waals surface area (Å²) in [6, 6.07) is 13.0. The maximum Gasteiger partial charge on any atom is 0.251 e. The molecule has 0 aliphatic carbocycles. The van der Waals surface area contributed by atoms with Gasteiger partial charge in [0.05, 0.1) is 10.0 Å². The zero-order valence-electron chi connectivity index (χ0n) is 12.5. The van der Waals surface area contributed by atoms with Crippen molar-refractivity contribution in [3.63, 3.8) is 0 Å². The van der Waals surface area contributed by atoms with Crippen LogP contribution in [0.3, 0.4) is 0 Å². The molecule has 0 heterocycles. The number of anilines is 1. The lowest BCUT2D eigenvalue weighted by Gasteiger charge is -2.11. The van der Waals surface area contributed by atoms with Crippen LogP contribution < -0.4 is 10.6 Å².